The van der Waals surface area contributed by atoms with Gasteiger partial charge in [0.05, 0.1) is 11.8 Å². The van der Waals surface area contributed by atoms with Gasteiger partial charge in [-0.2, -0.15) is 23.4 Å². The first-order chi connectivity index (χ1) is 14.0. The van der Waals surface area contributed by atoms with Crippen LogP contribution in [0.25, 0.3) is 0 Å². The van der Waals surface area contributed by atoms with E-state index >= 15 is 0 Å². The molecule has 1 aliphatic rings. The van der Waals surface area contributed by atoms with Crippen LogP contribution in [-0.4, -0.2) is 27.3 Å². The lowest BCUT2D eigenvalue weighted by atomic mass is 9.76. The number of aryl methyl sites for hydroxylation is 1. The molecule has 0 saturated heterocycles. The molecule has 0 atom stereocenters. The fourth-order valence-corrected chi connectivity index (χ4v) is 3.92. The fraction of sp³-hybridized carbons (Fsp3) is 0.429. The Kier molecular flexibility index (Phi) is 6.12. The fourth-order valence-electron chi connectivity index (χ4n) is 3.70. The zero-order chi connectivity index (χ0) is 22.1. The highest BCUT2D eigenvalue weighted by atomic mass is 32.1. The van der Waals surface area contributed by atoms with Crippen molar-refractivity contribution in [1.82, 2.24) is 15.2 Å². The highest BCUT2D eigenvalue weighted by Gasteiger charge is 2.33. The van der Waals surface area contributed by atoms with E-state index in [1.807, 2.05) is 11.7 Å². The number of nitrogens with zero attached hydrogens (tertiary/aromatic N) is 3. The minimum Gasteiger partial charge on any atom is -0.303 e. The molecule has 0 spiro atoms. The Balaban J connectivity index is 1.77. The summed E-state index contributed by atoms with van der Waals surface area (Å²) in [6.45, 7) is 4.44. The molecular formula is C21H23F3N4OS. The number of fused-ring (bicyclic) bond motifs is 1. The number of aldehydes is 1. The molecule has 0 fully saturated rings. The predicted molar refractivity (Wildman–Crippen MR) is 113 cm³/mol. The summed E-state index contributed by atoms with van der Waals surface area (Å²) in [7, 11) is 1.88. The number of hydrazone groups is 1. The van der Waals surface area contributed by atoms with Crippen molar-refractivity contribution in [1.29, 1.82) is 0 Å². The normalized spacial score (nSPS) is 15.8. The molecular weight excluding hydrogens is 413 g/mol. The van der Waals surface area contributed by atoms with Crippen molar-refractivity contribution in [3.8, 4) is 0 Å². The largest absolute Gasteiger partial charge is 0.416 e. The highest BCUT2D eigenvalue weighted by molar-refractivity contribution is 7.80. The van der Waals surface area contributed by atoms with Crippen LogP contribution in [0.3, 0.4) is 0 Å². The Labute approximate surface area is 178 Å². The minimum absolute atomic E-state index is 0.0684. The van der Waals surface area contributed by atoms with E-state index in [4.69, 9.17) is 12.2 Å². The maximum absolute atomic E-state index is 13.2. The number of carbonyl (C=O) groups is 1. The summed E-state index contributed by atoms with van der Waals surface area (Å²) in [6.07, 6.45) is -0.327. The lowest BCUT2D eigenvalue weighted by Crippen LogP contribution is -2.25. The molecule has 0 saturated carbocycles. The quantitative estimate of drug-likeness (QED) is 0.333. The van der Waals surface area contributed by atoms with Crippen molar-refractivity contribution < 1.29 is 18.0 Å². The van der Waals surface area contributed by atoms with Gasteiger partial charge >= 0.3 is 6.18 Å². The van der Waals surface area contributed by atoms with Crippen LogP contribution in [-0.2, 0) is 37.3 Å². The Bertz CT molecular complexity index is 1010. The molecule has 0 bridgehead atoms. The Morgan fingerprint density at radius 2 is 2.13 bits per heavy atom. The van der Waals surface area contributed by atoms with Gasteiger partial charge in [-0.15, -0.1) is 0 Å². The zero-order valence-electron chi connectivity index (χ0n) is 17.0. The standard InChI is InChI=1S/C21H23F3N4OS/c1-20(2)8-6-15-17(11-20)28(3)27-18(15)19(30)26-25-12-13-4-5-14(7-9-29)16(10-13)21(22,23)24/h4-5,9-10,12H,6-8,11H2,1-3H3,(H,26,30)/b25-12-. The summed E-state index contributed by atoms with van der Waals surface area (Å²) in [5.41, 5.74) is 5.16. The molecule has 9 heteroatoms. The molecule has 30 heavy (non-hydrogen) atoms. The van der Waals surface area contributed by atoms with Gasteiger partial charge in [0, 0.05) is 24.7 Å². The smallest absolute Gasteiger partial charge is 0.303 e. The van der Waals surface area contributed by atoms with Gasteiger partial charge in [-0.1, -0.05) is 38.2 Å². The summed E-state index contributed by atoms with van der Waals surface area (Å²) in [4.78, 5) is 11.0. The number of nitrogens with one attached hydrogen (secondary N) is 1. The number of hydrogen-bond acceptors (Lipinski definition) is 4. The minimum atomic E-state index is -4.55. The third kappa shape index (κ3) is 4.77. The second kappa shape index (κ2) is 8.29. The van der Waals surface area contributed by atoms with E-state index < -0.39 is 11.7 Å². The summed E-state index contributed by atoms with van der Waals surface area (Å²) >= 11 is 5.41. The number of benzene rings is 1. The molecule has 1 aliphatic carbocycles. The maximum Gasteiger partial charge on any atom is 0.416 e. The highest BCUT2D eigenvalue weighted by Crippen LogP contribution is 2.36. The Hall–Kier alpha value is -2.55. The summed E-state index contributed by atoms with van der Waals surface area (Å²) in [5, 5.41) is 8.52. The molecule has 1 heterocycles. The van der Waals surface area contributed by atoms with Crippen LogP contribution in [0, 0.1) is 5.41 Å². The topological polar surface area (TPSA) is 59.3 Å². The third-order valence-corrected chi connectivity index (χ3v) is 5.59. The number of halogens is 3. The van der Waals surface area contributed by atoms with E-state index in [2.05, 4.69) is 29.5 Å². The van der Waals surface area contributed by atoms with E-state index in [0.717, 1.165) is 36.6 Å². The van der Waals surface area contributed by atoms with Crippen molar-refractivity contribution >= 4 is 29.7 Å². The molecule has 5 nitrogen and oxygen atoms in total. The average molecular weight is 437 g/mol. The van der Waals surface area contributed by atoms with Crippen LogP contribution in [0.15, 0.2) is 23.3 Å². The van der Waals surface area contributed by atoms with E-state index in [1.54, 1.807) is 0 Å². The lowest BCUT2D eigenvalue weighted by Gasteiger charge is -2.29. The number of hydrogen-bond donors (Lipinski definition) is 1. The molecule has 1 N–H and O–H groups in total. The average Bonchev–Trinajstić information content (AvgIpc) is 2.97. The van der Waals surface area contributed by atoms with Gasteiger partial charge in [0.2, 0.25) is 0 Å². The molecule has 1 aromatic heterocycles. The molecule has 0 aliphatic heterocycles. The van der Waals surface area contributed by atoms with E-state index in [-0.39, 0.29) is 23.0 Å². The number of alkyl halides is 3. The van der Waals surface area contributed by atoms with Crippen molar-refractivity contribution in [3.63, 3.8) is 0 Å². The first-order valence-corrected chi connectivity index (χ1v) is 9.94. The monoisotopic (exact) mass is 436 g/mol. The number of aromatic nitrogens is 2. The summed E-state index contributed by atoms with van der Waals surface area (Å²) < 4.78 is 41.5. The second-order valence-electron chi connectivity index (χ2n) is 8.22. The van der Waals surface area contributed by atoms with Gasteiger partial charge in [0.25, 0.3) is 0 Å². The molecule has 3 rings (SSSR count). The zero-order valence-corrected chi connectivity index (χ0v) is 17.8. The molecule has 160 valence electrons. The SMILES string of the molecule is Cn1nc(C(=S)N/N=C\c2ccc(CC=O)c(C(F)(F)F)c2)c2c1CC(C)(C)CC2. The molecule has 0 radical (unpaired) electrons. The van der Waals surface area contributed by atoms with Crippen LogP contribution in [0.5, 0.6) is 0 Å². The van der Waals surface area contributed by atoms with Gasteiger partial charge < -0.3 is 4.79 Å². The van der Waals surface area contributed by atoms with Crippen LogP contribution in [0.1, 0.15) is 53.9 Å². The number of carbonyl (C=O) groups excluding carboxylic acids is 1. The molecule has 0 unspecified atom stereocenters. The Morgan fingerprint density at radius 3 is 2.80 bits per heavy atom. The van der Waals surface area contributed by atoms with E-state index in [1.165, 1.54) is 18.3 Å². The van der Waals surface area contributed by atoms with Crippen LogP contribution in [0.2, 0.25) is 0 Å². The van der Waals surface area contributed by atoms with E-state index in [0.29, 0.717) is 17.0 Å². The first-order valence-electron chi connectivity index (χ1n) is 9.54. The van der Waals surface area contributed by atoms with Crippen LogP contribution in [0.4, 0.5) is 13.2 Å². The van der Waals surface area contributed by atoms with Crippen molar-refractivity contribution in [2.75, 3.05) is 0 Å². The van der Waals surface area contributed by atoms with Crippen molar-refractivity contribution in [2.45, 2.75) is 45.7 Å². The van der Waals surface area contributed by atoms with Gasteiger partial charge in [0.15, 0.2) is 0 Å². The van der Waals surface area contributed by atoms with E-state index in [9.17, 15) is 18.0 Å². The third-order valence-electron chi connectivity index (χ3n) is 5.31. The van der Waals surface area contributed by atoms with Gasteiger partial charge in [0.1, 0.15) is 17.0 Å². The lowest BCUT2D eigenvalue weighted by molar-refractivity contribution is -0.138. The van der Waals surface area contributed by atoms with Crippen LogP contribution < -0.4 is 5.43 Å². The summed E-state index contributed by atoms with van der Waals surface area (Å²) in [6, 6.07) is 3.73. The number of thiocarbonyl (C=S) groups is 1. The first kappa shape index (κ1) is 22.1. The van der Waals surface area contributed by atoms with Crippen molar-refractivity contribution in [3.05, 3.63) is 51.8 Å². The predicted octanol–water partition coefficient (Wildman–Crippen LogP) is 3.99. The second-order valence-corrected chi connectivity index (χ2v) is 8.63. The van der Waals surface area contributed by atoms with Gasteiger partial charge in [-0.05, 0) is 41.9 Å². The Morgan fingerprint density at radius 1 is 1.40 bits per heavy atom. The van der Waals surface area contributed by atoms with Gasteiger partial charge in [-0.25, -0.2) is 0 Å². The van der Waals surface area contributed by atoms with Crippen molar-refractivity contribution in [2.24, 2.45) is 17.6 Å². The maximum atomic E-state index is 13.2. The number of rotatable bonds is 5. The summed E-state index contributed by atoms with van der Waals surface area (Å²) in [5.74, 6) is 0. The van der Waals surface area contributed by atoms with Crippen LogP contribution >= 0.6 is 12.2 Å². The molecule has 2 aromatic rings. The van der Waals surface area contributed by atoms with Gasteiger partial charge in [-0.3, -0.25) is 10.1 Å². The molecule has 1 aromatic carbocycles. The molecule has 0 amide bonds.